The second-order valence-corrected chi connectivity index (χ2v) is 10.5. The Hall–Kier alpha value is -2.47. The number of nitrogens with one attached hydrogen (secondary N) is 1. The lowest BCUT2D eigenvalue weighted by atomic mass is 10.0. The van der Waals surface area contributed by atoms with E-state index in [1.807, 2.05) is 72.8 Å². The van der Waals surface area contributed by atoms with Crippen molar-refractivity contribution in [3.63, 3.8) is 0 Å². The maximum Gasteiger partial charge on any atom is 0.243 e. The van der Waals surface area contributed by atoms with Crippen molar-refractivity contribution in [3.05, 3.63) is 106 Å². The summed E-state index contributed by atoms with van der Waals surface area (Å²) in [4.78, 5) is 28.7. The Morgan fingerprint density at radius 3 is 2.19 bits per heavy atom. The fourth-order valence-electron chi connectivity index (χ4n) is 3.86. The summed E-state index contributed by atoms with van der Waals surface area (Å²) in [6.45, 7) is 2.97. The summed E-state index contributed by atoms with van der Waals surface area (Å²) < 4.78 is 0. The predicted octanol–water partition coefficient (Wildman–Crippen LogP) is 6.78. The van der Waals surface area contributed by atoms with E-state index in [0.29, 0.717) is 35.3 Å². The van der Waals surface area contributed by atoms with E-state index >= 15 is 0 Å². The molecule has 0 spiro atoms. The van der Waals surface area contributed by atoms with Crippen LogP contribution in [-0.4, -0.2) is 35.1 Å². The van der Waals surface area contributed by atoms with Crippen LogP contribution in [0.4, 0.5) is 0 Å². The van der Waals surface area contributed by atoms with E-state index in [1.165, 1.54) is 11.8 Å². The van der Waals surface area contributed by atoms with Crippen LogP contribution in [0.3, 0.4) is 0 Å². The highest BCUT2D eigenvalue weighted by Gasteiger charge is 2.30. The number of carbonyl (C=O) groups excluding carboxylic acids is 2. The van der Waals surface area contributed by atoms with E-state index in [1.54, 1.807) is 11.0 Å². The minimum Gasteiger partial charge on any atom is -0.354 e. The maximum atomic E-state index is 13.6. The van der Waals surface area contributed by atoms with Crippen LogP contribution in [0.15, 0.2) is 78.9 Å². The van der Waals surface area contributed by atoms with E-state index in [2.05, 4.69) is 12.2 Å². The highest BCUT2D eigenvalue weighted by molar-refractivity contribution is 7.99. The van der Waals surface area contributed by atoms with Crippen molar-refractivity contribution < 1.29 is 9.59 Å². The lowest BCUT2D eigenvalue weighted by Gasteiger charge is -2.31. The van der Waals surface area contributed by atoms with Crippen molar-refractivity contribution in [2.75, 3.05) is 12.3 Å². The number of hydrogen-bond acceptors (Lipinski definition) is 3. The van der Waals surface area contributed by atoms with Gasteiger partial charge in [0.25, 0.3) is 0 Å². The van der Waals surface area contributed by atoms with Crippen LogP contribution in [0.1, 0.15) is 36.5 Å². The molecule has 3 aromatic carbocycles. The minimum atomic E-state index is -0.637. The van der Waals surface area contributed by atoms with Gasteiger partial charge in [-0.25, -0.2) is 0 Å². The van der Waals surface area contributed by atoms with Gasteiger partial charge >= 0.3 is 0 Å². The first-order valence-corrected chi connectivity index (χ1v) is 14.0. The van der Waals surface area contributed by atoms with E-state index < -0.39 is 6.04 Å². The molecule has 0 unspecified atom stereocenters. The van der Waals surface area contributed by atoms with Crippen LogP contribution < -0.4 is 5.32 Å². The van der Waals surface area contributed by atoms with Crippen molar-refractivity contribution in [3.8, 4) is 0 Å². The Bertz CT molecular complexity index is 1130. The number of carbonyl (C=O) groups is 2. The molecular weight excluding hydrogens is 511 g/mol. The molecule has 1 atom stereocenters. The van der Waals surface area contributed by atoms with E-state index in [0.717, 1.165) is 29.5 Å². The first-order valence-electron chi connectivity index (χ1n) is 12.1. The van der Waals surface area contributed by atoms with Gasteiger partial charge < -0.3 is 10.2 Å². The molecule has 7 heteroatoms. The Labute approximate surface area is 228 Å². The average Bonchev–Trinajstić information content (AvgIpc) is 2.87. The van der Waals surface area contributed by atoms with Gasteiger partial charge in [-0.15, -0.1) is 11.8 Å². The van der Waals surface area contributed by atoms with Crippen LogP contribution in [0, 0.1) is 0 Å². The highest BCUT2D eigenvalue weighted by Crippen LogP contribution is 2.21. The monoisotopic (exact) mass is 542 g/mol. The van der Waals surface area contributed by atoms with Gasteiger partial charge in [0, 0.05) is 35.3 Å². The molecule has 3 aromatic rings. The molecular formula is C29H32Cl2N2O2S. The fraction of sp³-hybridized carbons (Fsp3) is 0.310. The lowest BCUT2D eigenvalue weighted by Crippen LogP contribution is -2.51. The third-order valence-electron chi connectivity index (χ3n) is 5.73. The van der Waals surface area contributed by atoms with Gasteiger partial charge in [0.15, 0.2) is 0 Å². The van der Waals surface area contributed by atoms with Gasteiger partial charge in [0.05, 0.1) is 5.75 Å². The number of rotatable bonds is 13. The molecule has 0 bridgehead atoms. The molecule has 0 aliphatic rings. The quantitative estimate of drug-likeness (QED) is 0.242. The number of amides is 2. The smallest absolute Gasteiger partial charge is 0.243 e. The summed E-state index contributed by atoms with van der Waals surface area (Å²) in [6, 6.07) is 24.3. The maximum absolute atomic E-state index is 13.6. The van der Waals surface area contributed by atoms with Gasteiger partial charge in [-0.05, 0) is 47.4 Å². The summed E-state index contributed by atoms with van der Waals surface area (Å²) in [5.74, 6) is 0.681. The largest absolute Gasteiger partial charge is 0.354 e. The zero-order chi connectivity index (χ0) is 25.8. The summed E-state index contributed by atoms with van der Waals surface area (Å²) in [5, 5.41) is 4.32. The molecule has 0 saturated carbocycles. The molecule has 190 valence electrons. The molecule has 0 saturated heterocycles. The van der Waals surface area contributed by atoms with Gasteiger partial charge in [-0.1, -0.05) is 91.1 Å². The summed E-state index contributed by atoms with van der Waals surface area (Å²) >= 11 is 13.9. The molecule has 3 rings (SSSR count). The number of halogens is 2. The molecule has 1 N–H and O–H groups in total. The summed E-state index contributed by atoms with van der Waals surface area (Å²) in [7, 11) is 0. The van der Waals surface area contributed by atoms with Gasteiger partial charge in [0.2, 0.25) is 11.8 Å². The number of hydrogen-bond donors (Lipinski definition) is 1. The molecule has 0 heterocycles. The normalized spacial score (nSPS) is 11.6. The average molecular weight is 544 g/mol. The zero-order valence-corrected chi connectivity index (χ0v) is 22.8. The number of nitrogens with zero attached hydrogens (tertiary/aromatic N) is 1. The second-order valence-electron chi connectivity index (χ2n) is 8.62. The Morgan fingerprint density at radius 1 is 0.889 bits per heavy atom. The standard InChI is InChI=1S/C29H32Cl2N2O2S/c1-2-3-15-32-29(35)27(18-22-9-5-4-6-10-22)33(19-23-11-7-13-25(30)16-23)28(34)21-36-20-24-12-8-14-26(31)17-24/h4-14,16-17,27H,2-3,15,18-21H2,1H3,(H,32,35)/t27-/m0/s1. The second kappa shape index (κ2) is 14.9. The first kappa shape index (κ1) is 28.1. The van der Waals surface area contributed by atoms with Crippen molar-refractivity contribution in [2.45, 2.75) is 44.5 Å². The van der Waals surface area contributed by atoms with Gasteiger partial charge in [-0.3, -0.25) is 9.59 Å². The predicted molar refractivity (Wildman–Crippen MR) is 151 cm³/mol. The molecule has 0 aromatic heterocycles. The molecule has 0 aliphatic heterocycles. The SMILES string of the molecule is CCCCNC(=O)[C@H](Cc1ccccc1)N(Cc1cccc(Cl)c1)C(=O)CSCc1cccc(Cl)c1. The molecule has 4 nitrogen and oxygen atoms in total. The van der Waals surface area contributed by atoms with Crippen molar-refractivity contribution in [2.24, 2.45) is 0 Å². The topological polar surface area (TPSA) is 49.4 Å². The van der Waals surface area contributed by atoms with E-state index in [-0.39, 0.29) is 17.6 Å². The van der Waals surface area contributed by atoms with Crippen LogP contribution >= 0.6 is 35.0 Å². The molecule has 0 aliphatic carbocycles. The molecule has 36 heavy (non-hydrogen) atoms. The van der Waals surface area contributed by atoms with Crippen molar-refractivity contribution in [1.29, 1.82) is 0 Å². The zero-order valence-electron chi connectivity index (χ0n) is 20.5. The van der Waals surface area contributed by atoms with Crippen LogP contribution in [0.2, 0.25) is 10.0 Å². The molecule has 0 fully saturated rings. The van der Waals surface area contributed by atoms with Gasteiger partial charge in [0.1, 0.15) is 6.04 Å². The fourth-order valence-corrected chi connectivity index (χ4v) is 5.14. The van der Waals surface area contributed by atoms with Crippen LogP contribution in [0.5, 0.6) is 0 Å². The molecule has 2 amide bonds. The number of unbranched alkanes of at least 4 members (excludes halogenated alkanes) is 1. The number of thioether (sulfide) groups is 1. The highest BCUT2D eigenvalue weighted by atomic mass is 35.5. The third kappa shape index (κ3) is 9.20. The van der Waals surface area contributed by atoms with Crippen LogP contribution in [0.25, 0.3) is 0 Å². The van der Waals surface area contributed by atoms with Crippen molar-refractivity contribution in [1.82, 2.24) is 10.2 Å². The van der Waals surface area contributed by atoms with Crippen LogP contribution in [-0.2, 0) is 28.3 Å². The summed E-state index contributed by atoms with van der Waals surface area (Å²) in [6.07, 6.45) is 2.31. The minimum absolute atomic E-state index is 0.0893. The summed E-state index contributed by atoms with van der Waals surface area (Å²) in [5.41, 5.74) is 2.94. The Morgan fingerprint density at radius 2 is 1.53 bits per heavy atom. The Kier molecular flexibility index (Phi) is 11.7. The first-order chi connectivity index (χ1) is 17.5. The number of benzene rings is 3. The van der Waals surface area contributed by atoms with E-state index in [4.69, 9.17) is 23.2 Å². The Balaban J connectivity index is 1.83. The lowest BCUT2D eigenvalue weighted by molar-refractivity contribution is -0.139. The van der Waals surface area contributed by atoms with E-state index in [9.17, 15) is 9.59 Å². The third-order valence-corrected chi connectivity index (χ3v) is 7.18. The molecule has 0 radical (unpaired) electrons. The van der Waals surface area contributed by atoms with Gasteiger partial charge in [-0.2, -0.15) is 0 Å². The van der Waals surface area contributed by atoms with Crippen molar-refractivity contribution >= 4 is 46.8 Å².